The van der Waals surface area contributed by atoms with Gasteiger partial charge in [-0.05, 0) is 48.7 Å². The van der Waals surface area contributed by atoms with Crippen LogP contribution in [0.1, 0.15) is 47.4 Å². The first-order chi connectivity index (χ1) is 14.2. The first-order valence-corrected chi connectivity index (χ1v) is 10.1. The Morgan fingerprint density at radius 3 is 2.45 bits per heavy atom. The van der Waals surface area contributed by atoms with E-state index in [2.05, 4.69) is 24.4 Å². The molecular weight excluding hydrogens is 360 g/mol. The molecule has 0 radical (unpaired) electrons. The number of benzene rings is 3. The molecule has 4 heteroatoms. The van der Waals surface area contributed by atoms with Gasteiger partial charge in [0.05, 0.1) is 12.7 Å². The Bertz CT molecular complexity index is 998. The molecule has 1 aliphatic rings. The van der Waals surface area contributed by atoms with Gasteiger partial charge in [0.15, 0.2) is 0 Å². The third kappa shape index (κ3) is 3.70. The number of ether oxygens (including phenoxy) is 1. The van der Waals surface area contributed by atoms with Crippen molar-refractivity contribution in [2.75, 3.05) is 17.3 Å². The highest BCUT2D eigenvalue weighted by molar-refractivity contribution is 6.12. The van der Waals surface area contributed by atoms with Crippen LogP contribution in [-0.4, -0.2) is 13.0 Å². The first-order valence-electron chi connectivity index (χ1n) is 10.1. The van der Waals surface area contributed by atoms with E-state index in [1.54, 1.807) is 7.11 Å². The van der Waals surface area contributed by atoms with Crippen molar-refractivity contribution < 1.29 is 9.53 Å². The van der Waals surface area contributed by atoms with Crippen molar-refractivity contribution in [3.63, 3.8) is 0 Å². The summed E-state index contributed by atoms with van der Waals surface area (Å²) in [6, 6.07) is 23.8. The third-order valence-electron chi connectivity index (χ3n) is 5.39. The summed E-state index contributed by atoms with van der Waals surface area (Å²) in [6.07, 6.45) is 3.04. The van der Waals surface area contributed by atoms with Crippen LogP contribution in [0, 0.1) is 0 Å². The van der Waals surface area contributed by atoms with Gasteiger partial charge < -0.3 is 10.1 Å². The van der Waals surface area contributed by atoms with Gasteiger partial charge in [0.1, 0.15) is 11.9 Å². The Kier molecular flexibility index (Phi) is 5.52. The molecule has 29 heavy (non-hydrogen) atoms. The number of anilines is 2. The van der Waals surface area contributed by atoms with E-state index in [0.717, 1.165) is 29.1 Å². The van der Waals surface area contributed by atoms with Crippen LogP contribution in [0.2, 0.25) is 0 Å². The summed E-state index contributed by atoms with van der Waals surface area (Å²) in [5, 5.41) is 3.54. The van der Waals surface area contributed by atoms with Crippen LogP contribution < -0.4 is 15.0 Å². The second-order valence-corrected chi connectivity index (χ2v) is 7.28. The lowest BCUT2D eigenvalue weighted by atomic mass is 10.0. The smallest absolute Gasteiger partial charge is 0.262 e. The lowest BCUT2D eigenvalue weighted by Crippen LogP contribution is -2.43. The molecule has 4 rings (SSSR count). The number of nitrogens with zero attached hydrogens (tertiary/aromatic N) is 1. The highest BCUT2D eigenvalue weighted by Gasteiger charge is 2.35. The number of fused-ring (bicyclic) bond motifs is 1. The molecule has 0 fully saturated rings. The number of para-hydroxylation sites is 2. The molecule has 3 aromatic rings. The zero-order chi connectivity index (χ0) is 20.2. The number of amides is 1. The maximum absolute atomic E-state index is 13.5. The Morgan fingerprint density at radius 2 is 1.69 bits per heavy atom. The van der Waals surface area contributed by atoms with E-state index in [9.17, 15) is 4.79 Å². The molecular formula is C25H26N2O2. The van der Waals surface area contributed by atoms with Crippen LogP contribution in [0.15, 0.2) is 72.8 Å². The number of rotatable bonds is 6. The number of hydrogen-bond donors (Lipinski definition) is 1. The van der Waals surface area contributed by atoms with Gasteiger partial charge in [-0.1, -0.05) is 55.8 Å². The van der Waals surface area contributed by atoms with Crippen molar-refractivity contribution in [3.05, 3.63) is 89.5 Å². The predicted molar refractivity (Wildman–Crippen MR) is 118 cm³/mol. The number of hydrogen-bond acceptors (Lipinski definition) is 3. The van der Waals surface area contributed by atoms with Crippen molar-refractivity contribution in [1.29, 1.82) is 0 Å². The van der Waals surface area contributed by atoms with E-state index < -0.39 is 0 Å². The van der Waals surface area contributed by atoms with E-state index >= 15 is 0 Å². The molecule has 1 aliphatic heterocycles. The summed E-state index contributed by atoms with van der Waals surface area (Å²) in [5.74, 6) is 0.735. The highest BCUT2D eigenvalue weighted by Crippen LogP contribution is 2.39. The number of carbonyl (C=O) groups is 1. The number of methoxy groups -OCH3 is 1. The highest BCUT2D eigenvalue weighted by atomic mass is 16.5. The summed E-state index contributed by atoms with van der Waals surface area (Å²) < 4.78 is 5.59. The second-order valence-electron chi connectivity index (χ2n) is 7.28. The fourth-order valence-electron chi connectivity index (χ4n) is 3.83. The molecule has 4 nitrogen and oxygen atoms in total. The average molecular weight is 386 g/mol. The zero-order valence-corrected chi connectivity index (χ0v) is 16.9. The first kappa shape index (κ1) is 19.1. The Labute approximate surface area is 172 Å². The second kappa shape index (κ2) is 8.39. The molecule has 1 heterocycles. The fourth-order valence-corrected chi connectivity index (χ4v) is 3.83. The minimum atomic E-state index is -0.352. The minimum Gasteiger partial charge on any atom is -0.496 e. The van der Waals surface area contributed by atoms with Gasteiger partial charge in [0.2, 0.25) is 0 Å². The van der Waals surface area contributed by atoms with E-state index in [-0.39, 0.29) is 12.1 Å². The SMILES string of the molecule is CCCCc1ccc(N2C(=O)c3ccccc3NC2c2ccccc2OC)cc1. The van der Waals surface area contributed by atoms with Crippen LogP contribution in [0.5, 0.6) is 5.75 Å². The van der Waals surface area contributed by atoms with E-state index in [4.69, 9.17) is 4.74 Å². The van der Waals surface area contributed by atoms with Gasteiger partial charge in [0, 0.05) is 16.9 Å². The summed E-state index contributed by atoms with van der Waals surface area (Å²) in [6.45, 7) is 2.20. The molecule has 1 amide bonds. The molecule has 0 aliphatic carbocycles. The van der Waals surface area contributed by atoms with Gasteiger partial charge in [0.25, 0.3) is 5.91 Å². The molecule has 0 saturated carbocycles. The molecule has 1 unspecified atom stereocenters. The van der Waals surface area contributed by atoms with Crippen LogP contribution in [0.3, 0.4) is 0 Å². The standard InChI is InChI=1S/C25H26N2O2/c1-3-4-9-18-14-16-19(17-15-18)27-24(21-11-6-8-13-23(21)29-2)26-22-12-7-5-10-20(22)25(27)28/h5-8,10-17,24,26H,3-4,9H2,1-2H3. The molecule has 1 atom stereocenters. The van der Waals surface area contributed by atoms with Crippen molar-refractivity contribution in [2.24, 2.45) is 0 Å². The van der Waals surface area contributed by atoms with Crippen LogP contribution >= 0.6 is 0 Å². The Balaban J connectivity index is 1.78. The Hall–Kier alpha value is -3.27. The lowest BCUT2D eigenvalue weighted by molar-refractivity contribution is 0.0974. The molecule has 3 aromatic carbocycles. The van der Waals surface area contributed by atoms with E-state index in [1.165, 1.54) is 18.4 Å². The number of nitrogens with one attached hydrogen (secondary N) is 1. The van der Waals surface area contributed by atoms with Gasteiger partial charge >= 0.3 is 0 Å². The topological polar surface area (TPSA) is 41.6 Å². The summed E-state index contributed by atoms with van der Waals surface area (Å²) in [5.41, 5.74) is 4.60. The van der Waals surface area contributed by atoms with Crippen molar-refractivity contribution in [1.82, 2.24) is 0 Å². The molecule has 0 spiro atoms. The monoisotopic (exact) mass is 386 g/mol. The summed E-state index contributed by atoms with van der Waals surface area (Å²) in [7, 11) is 1.66. The molecule has 148 valence electrons. The molecule has 0 aromatic heterocycles. The summed E-state index contributed by atoms with van der Waals surface area (Å²) in [4.78, 5) is 15.3. The van der Waals surface area contributed by atoms with E-state index in [0.29, 0.717) is 5.56 Å². The Morgan fingerprint density at radius 1 is 0.966 bits per heavy atom. The predicted octanol–water partition coefficient (Wildman–Crippen LogP) is 5.81. The largest absolute Gasteiger partial charge is 0.496 e. The van der Waals surface area contributed by atoms with Crippen LogP contribution in [0.4, 0.5) is 11.4 Å². The van der Waals surface area contributed by atoms with E-state index in [1.807, 2.05) is 65.6 Å². The lowest BCUT2D eigenvalue weighted by Gasteiger charge is -2.38. The number of carbonyl (C=O) groups excluding carboxylic acids is 1. The third-order valence-corrected chi connectivity index (χ3v) is 5.39. The average Bonchev–Trinajstić information content (AvgIpc) is 2.78. The van der Waals surface area contributed by atoms with Gasteiger partial charge in [-0.3, -0.25) is 9.69 Å². The van der Waals surface area contributed by atoms with Crippen LogP contribution in [-0.2, 0) is 6.42 Å². The van der Waals surface area contributed by atoms with Gasteiger partial charge in [-0.2, -0.15) is 0 Å². The van der Waals surface area contributed by atoms with Crippen molar-refractivity contribution >= 4 is 17.3 Å². The van der Waals surface area contributed by atoms with Crippen molar-refractivity contribution in [3.8, 4) is 5.75 Å². The number of unbranched alkanes of at least 4 members (excludes halogenated alkanes) is 1. The maximum Gasteiger partial charge on any atom is 0.262 e. The minimum absolute atomic E-state index is 0.0171. The van der Waals surface area contributed by atoms with Gasteiger partial charge in [-0.25, -0.2) is 0 Å². The number of aryl methyl sites for hydroxylation is 1. The van der Waals surface area contributed by atoms with Crippen molar-refractivity contribution in [2.45, 2.75) is 32.4 Å². The molecule has 0 bridgehead atoms. The molecule has 0 saturated heterocycles. The normalized spacial score (nSPS) is 15.6. The van der Waals surface area contributed by atoms with Gasteiger partial charge in [-0.15, -0.1) is 0 Å². The molecule has 1 N–H and O–H groups in total. The quantitative estimate of drug-likeness (QED) is 0.581. The van der Waals surface area contributed by atoms with Crippen LogP contribution in [0.25, 0.3) is 0 Å². The fraction of sp³-hybridized carbons (Fsp3) is 0.240. The zero-order valence-electron chi connectivity index (χ0n) is 16.9. The summed E-state index contributed by atoms with van der Waals surface area (Å²) >= 11 is 0. The maximum atomic E-state index is 13.5.